The topological polar surface area (TPSA) is 46.3 Å². The molecule has 1 aliphatic rings. The molecule has 1 unspecified atom stereocenters. The van der Waals surface area contributed by atoms with Crippen molar-refractivity contribution < 1.29 is 4.79 Å². The molecular weight excluding hydrogens is 315 g/mol. The Morgan fingerprint density at radius 3 is 2.88 bits per heavy atom. The maximum atomic E-state index is 11.8. The molecule has 1 amide bonds. The molecule has 16 heavy (non-hydrogen) atoms. The Kier molecular flexibility index (Phi) is 3.06. The van der Waals surface area contributed by atoms with Gasteiger partial charge in [-0.05, 0) is 40.8 Å². The molecule has 3 nitrogen and oxygen atoms in total. The van der Waals surface area contributed by atoms with Crippen LogP contribution in [0.3, 0.4) is 0 Å². The number of benzene rings is 1. The summed E-state index contributed by atoms with van der Waals surface area (Å²) in [6, 6.07) is 5.66. The third-order valence-corrected chi connectivity index (χ3v) is 3.31. The first kappa shape index (κ1) is 11.3. The minimum absolute atomic E-state index is 0.00572. The van der Waals surface area contributed by atoms with E-state index in [9.17, 15) is 4.79 Å². The van der Waals surface area contributed by atoms with E-state index in [-0.39, 0.29) is 11.8 Å². The Balaban J connectivity index is 2.32. The normalized spacial score (nSPS) is 19.9. The second kappa shape index (κ2) is 4.34. The van der Waals surface area contributed by atoms with E-state index < -0.39 is 0 Å². The molecule has 2 N–H and O–H groups in total. The molecule has 0 aromatic heterocycles. The van der Waals surface area contributed by atoms with Crippen LogP contribution in [-0.4, -0.2) is 12.5 Å². The van der Waals surface area contributed by atoms with Gasteiger partial charge < -0.3 is 10.6 Å². The van der Waals surface area contributed by atoms with E-state index in [4.69, 9.17) is 12.2 Å². The molecule has 0 spiro atoms. The maximum absolute atomic E-state index is 11.8. The van der Waals surface area contributed by atoms with Gasteiger partial charge in [0.15, 0.2) is 0 Å². The minimum atomic E-state index is 0.00572. The van der Waals surface area contributed by atoms with Crippen LogP contribution >= 0.6 is 22.6 Å². The molecule has 1 aliphatic heterocycles. The first-order chi connectivity index (χ1) is 7.61. The quantitative estimate of drug-likeness (QED) is 0.486. The van der Waals surface area contributed by atoms with E-state index in [1.807, 2.05) is 18.2 Å². The highest BCUT2D eigenvalue weighted by Gasteiger charge is 2.30. The number of hydrogen-bond acceptors (Lipinski definition) is 2. The van der Waals surface area contributed by atoms with Crippen LogP contribution in [-0.2, 0) is 4.79 Å². The van der Waals surface area contributed by atoms with E-state index in [1.54, 1.807) is 4.90 Å². The van der Waals surface area contributed by atoms with Crippen molar-refractivity contribution in [3.8, 4) is 12.3 Å². The lowest BCUT2D eigenvalue weighted by atomic mass is 10.1. The van der Waals surface area contributed by atoms with Gasteiger partial charge in [0.1, 0.15) is 0 Å². The molecule has 0 aliphatic carbocycles. The van der Waals surface area contributed by atoms with Crippen LogP contribution in [0.4, 0.5) is 11.4 Å². The van der Waals surface area contributed by atoms with Gasteiger partial charge in [-0.3, -0.25) is 4.79 Å². The lowest BCUT2D eigenvalue weighted by Gasteiger charge is -2.18. The van der Waals surface area contributed by atoms with Crippen LogP contribution < -0.4 is 10.6 Å². The Bertz CT molecular complexity index is 478. The largest absolute Gasteiger partial charge is 0.397 e. The molecule has 0 radical (unpaired) electrons. The molecular formula is C12H11IN2O. The number of amides is 1. The minimum Gasteiger partial charge on any atom is -0.397 e. The van der Waals surface area contributed by atoms with Crippen molar-refractivity contribution >= 4 is 39.9 Å². The average molecular weight is 326 g/mol. The van der Waals surface area contributed by atoms with E-state index in [0.29, 0.717) is 18.7 Å². The zero-order valence-corrected chi connectivity index (χ0v) is 10.8. The van der Waals surface area contributed by atoms with Crippen LogP contribution in [0.2, 0.25) is 0 Å². The van der Waals surface area contributed by atoms with Gasteiger partial charge in [0.2, 0.25) is 5.91 Å². The predicted octanol–water partition coefficient (Wildman–Crippen LogP) is 1.86. The van der Waals surface area contributed by atoms with Crippen LogP contribution in [0.15, 0.2) is 18.2 Å². The summed E-state index contributed by atoms with van der Waals surface area (Å²) in [5, 5.41) is 0. The Hall–Kier alpha value is -1.22. The Morgan fingerprint density at radius 2 is 2.31 bits per heavy atom. The number of anilines is 2. The summed E-state index contributed by atoms with van der Waals surface area (Å²) in [5.41, 5.74) is 7.29. The Labute approximate surface area is 108 Å². The predicted molar refractivity (Wildman–Crippen MR) is 72.9 cm³/mol. The fourth-order valence-electron chi connectivity index (χ4n) is 1.82. The molecule has 4 heteroatoms. The average Bonchev–Trinajstić information content (AvgIpc) is 2.60. The van der Waals surface area contributed by atoms with Gasteiger partial charge in [-0.2, -0.15) is 0 Å². The molecule has 0 bridgehead atoms. The molecule has 1 aromatic carbocycles. The van der Waals surface area contributed by atoms with Crippen LogP contribution in [0.25, 0.3) is 0 Å². The van der Waals surface area contributed by atoms with Gasteiger partial charge in [-0.25, -0.2) is 0 Å². The van der Waals surface area contributed by atoms with Crippen molar-refractivity contribution in [1.82, 2.24) is 0 Å². The number of carbonyl (C=O) groups is 1. The van der Waals surface area contributed by atoms with E-state index in [1.165, 1.54) is 0 Å². The summed E-state index contributed by atoms with van der Waals surface area (Å²) in [4.78, 5) is 13.4. The molecule has 1 saturated heterocycles. The van der Waals surface area contributed by atoms with Crippen LogP contribution in [0, 0.1) is 21.8 Å². The number of halogens is 1. The van der Waals surface area contributed by atoms with Gasteiger partial charge >= 0.3 is 0 Å². The third kappa shape index (κ3) is 2.00. The number of nitrogen functional groups attached to an aromatic ring is 1. The van der Waals surface area contributed by atoms with Crippen molar-refractivity contribution in [2.45, 2.75) is 6.42 Å². The number of rotatable bonds is 1. The van der Waals surface area contributed by atoms with Gasteiger partial charge in [-0.15, -0.1) is 12.3 Å². The first-order valence-electron chi connectivity index (χ1n) is 4.93. The number of nitrogens with two attached hydrogens (primary N) is 1. The molecule has 0 saturated carbocycles. The summed E-state index contributed by atoms with van der Waals surface area (Å²) in [6.45, 7) is 0.570. The Morgan fingerprint density at radius 1 is 1.56 bits per heavy atom. The number of nitrogens with zero attached hydrogens (tertiary/aromatic N) is 1. The monoisotopic (exact) mass is 326 g/mol. The number of hydrogen-bond donors (Lipinski definition) is 1. The highest BCUT2D eigenvalue weighted by atomic mass is 127. The smallest absolute Gasteiger partial charge is 0.228 e. The third-order valence-electron chi connectivity index (χ3n) is 2.64. The molecule has 82 valence electrons. The molecule has 1 aromatic rings. The van der Waals surface area contributed by atoms with Crippen molar-refractivity contribution in [3.05, 3.63) is 21.8 Å². The van der Waals surface area contributed by atoms with Gasteiger partial charge in [0.05, 0.1) is 11.4 Å². The summed E-state index contributed by atoms with van der Waals surface area (Å²) < 4.78 is 1.05. The molecule has 1 heterocycles. The van der Waals surface area contributed by atoms with E-state index >= 15 is 0 Å². The summed E-state index contributed by atoms with van der Waals surface area (Å²) in [6.07, 6.45) is 5.76. The van der Waals surface area contributed by atoms with Crippen molar-refractivity contribution in [3.63, 3.8) is 0 Å². The SMILES string of the molecule is C#CC1CC(=O)N(c2ccc(I)cc2N)C1. The zero-order valence-electron chi connectivity index (χ0n) is 8.61. The summed E-state index contributed by atoms with van der Waals surface area (Å²) in [5.74, 6) is 2.68. The van der Waals surface area contributed by atoms with Crippen LogP contribution in [0.5, 0.6) is 0 Å². The lowest BCUT2D eigenvalue weighted by Crippen LogP contribution is -2.25. The second-order valence-corrected chi connectivity index (χ2v) is 5.02. The standard InChI is InChI=1S/C12H11IN2O/c1-2-8-5-12(16)15(7-8)11-4-3-9(13)6-10(11)14/h1,3-4,6,8H,5,7,14H2. The lowest BCUT2D eigenvalue weighted by molar-refractivity contribution is -0.117. The maximum Gasteiger partial charge on any atom is 0.228 e. The fraction of sp³-hybridized carbons (Fsp3) is 0.250. The first-order valence-corrected chi connectivity index (χ1v) is 6.01. The van der Waals surface area contributed by atoms with E-state index in [2.05, 4.69) is 28.5 Å². The molecule has 1 fully saturated rings. The van der Waals surface area contributed by atoms with Crippen molar-refractivity contribution in [1.29, 1.82) is 0 Å². The van der Waals surface area contributed by atoms with E-state index in [0.717, 1.165) is 9.26 Å². The van der Waals surface area contributed by atoms with Crippen molar-refractivity contribution in [2.24, 2.45) is 5.92 Å². The summed E-state index contributed by atoms with van der Waals surface area (Å²) >= 11 is 2.19. The second-order valence-electron chi connectivity index (χ2n) is 3.78. The van der Waals surface area contributed by atoms with Gasteiger partial charge in [-0.1, -0.05) is 0 Å². The summed E-state index contributed by atoms with van der Waals surface area (Å²) in [7, 11) is 0. The molecule has 2 rings (SSSR count). The van der Waals surface area contributed by atoms with Gasteiger partial charge in [0.25, 0.3) is 0 Å². The molecule has 1 atom stereocenters. The van der Waals surface area contributed by atoms with Crippen molar-refractivity contribution in [2.75, 3.05) is 17.2 Å². The fourth-order valence-corrected chi connectivity index (χ4v) is 2.34. The highest BCUT2D eigenvalue weighted by Crippen LogP contribution is 2.30. The number of terminal acetylenes is 1. The van der Waals surface area contributed by atoms with Gasteiger partial charge in [0, 0.05) is 22.5 Å². The number of carbonyl (C=O) groups excluding carboxylic acids is 1. The highest BCUT2D eigenvalue weighted by molar-refractivity contribution is 14.1. The zero-order chi connectivity index (χ0) is 11.7. The van der Waals surface area contributed by atoms with Crippen LogP contribution in [0.1, 0.15) is 6.42 Å².